The van der Waals surface area contributed by atoms with Gasteiger partial charge in [-0.25, -0.2) is 17.5 Å². The molecule has 0 aromatic heterocycles. The van der Waals surface area contributed by atoms with Crippen LogP contribution in [0.25, 0.3) is 0 Å². The SMILES string of the molecule is CC(C)NS(=O)(=O)c1ccc(NC(=O)[C@@H](C)[NH+](C)Cc2ccc(F)cc2)cc1. The van der Waals surface area contributed by atoms with Crippen molar-refractivity contribution in [3.8, 4) is 0 Å². The van der Waals surface area contributed by atoms with Crippen molar-refractivity contribution in [2.45, 2.75) is 44.3 Å². The highest BCUT2D eigenvalue weighted by atomic mass is 32.2. The van der Waals surface area contributed by atoms with Crippen molar-refractivity contribution in [3.05, 3.63) is 59.9 Å². The van der Waals surface area contributed by atoms with Crippen LogP contribution < -0.4 is 14.9 Å². The summed E-state index contributed by atoms with van der Waals surface area (Å²) in [5.41, 5.74) is 1.46. The van der Waals surface area contributed by atoms with Gasteiger partial charge in [0.15, 0.2) is 6.04 Å². The quantitative estimate of drug-likeness (QED) is 0.620. The molecule has 0 radical (unpaired) electrons. The van der Waals surface area contributed by atoms with E-state index in [1.54, 1.807) is 45.0 Å². The Labute approximate surface area is 165 Å². The summed E-state index contributed by atoms with van der Waals surface area (Å²) in [4.78, 5) is 13.6. The summed E-state index contributed by atoms with van der Waals surface area (Å²) in [5, 5.41) is 2.80. The molecule has 0 saturated heterocycles. The summed E-state index contributed by atoms with van der Waals surface area (Å²) in [7, 11) is -1.68. The molecule has 2 aromatic rings. The minimum atomic E-state index is -3.57. The van der Waals surface area contributed by atoms with Crippen molar-refractivity contribution in [1.29, 1.82) is 0 Å². The number of sulfonamides is 1. The number of carbonyl (C=O) groups is 1. The Morgan fingerprint density at radius 3 is 2.14 bits per heavy atom. The zero-order valence-corrected chi connectivity index (χ0v) is 17.3. The molecule has 0 bridgehead atoms. The summed E-state index contributed by atoms with van der Waals surface area (Å²) in [6, 6.07) is 11.7. The monoisotopic (exact) mass is 408 g/mol. The van der Waals surface area contributed by atoms with Crippen molar-refractivity contribution < 1.29 is 22.5 Å². The highest BCUT2D eigenvalue weighted by molar-refractivity contribution is 7.89. The molecule has 152 valence electrons. The Kier molecular flexibility index (Phi) is 7.29. The van der Waals surface area contributed by atoms with Crippen molar-refractivity contribution >= 4 is 21.6 Å². The second-order valence-electron chi connectivity index (χ2n) is 7.16. The Hall–Kier alpha value is -2.29. The zero-order chi connectivity index (χ0) is 20.9. The standard InChI is InChI=1S/C20H26FN3O3S/c1-14(2)23-28(26,27)19-11-9-18(10-12-19)22-20(25)15(3)24(4)13-16-5-7-17(21)8-6-16/h5-12,14-15,23H,13H2,1-4H3,(H,22,25)/p+1/t15-/m1/s1. The maximum atomic E-state index is 13.0. The van der Waals surface area contributed by atoms with E-state index >= 15 is 0 Å². The van der Waals surface area contributed by atoms with Crippen LogP contribution in [0.15, 0.2) is 53.4 Å². The molecule has 8 heteroatoms. The smallest absolute Gasteiger partial charge is 0.282 e. The summed E-state index contributed by atoms with van der Waals surface area (Å²) in [6.07, 6.45) is 0. The van der Waals surface area contributed by atoms with Crippen LogP contribution in [0.4, 0.5) is 10.1 Å². The average Bonchev–Trinajstić information content (AvgIpc) is 2.62. The number of hydrogen-bond donors (Lipinski definition) is 3. The lowest BCUT2D eigenvalue weighted by atomic mass is 10.2. The van der Waals surface area contributed by atoms with E-state index in [4.69, 9.17) is 0 Å². The topological polar surface area (TPSA) is 79.7 Å². The predicted molar refractivity (Wildman–Crippen MR) is 107 cm³/mol. The fourth-order valence-corrected chi connectivity index (χ4v) is 3.90. The van der Waals surface area contributed by atoms with Crippen LogP contribution in [-0.2, 0) is 21.4 Å². The van der Waals surface area contributed by atoms with Crippen molar-refractivity contribution in [2.75, 3.05) is 12.4 Å². The minimum absolute atomic E-state index is 0.145. The number of likely N-dealkylation sites (N-methyl/N-ethyl adjacent to an activating group) is 1. The Bertz CT molecular complexity index is 897. The number of anilines is 1. The summed E-state index contributed by atoms with van der Waals surface area (Å²) >= 11 is 0. The summed E-state index contributed by atoms with van der Waals surface area (Å²) in [5.74, 6) is -0.475. The second kappa shape index (κ2) is 9.27. The summed E-state index contributed by atoms with van der Waals surface area (Å²) in [6.45, 7) is 5.88. The molecule has 0 fully saturated rings. The van der Waals surface area contributed by atoms with Gasteiger partial charge in [0, 0.05) is 17.3 Å². The Morgan fingerprint density at radius 2 is 1.61 bits per heavy atom. The molecule has 2 atom stereocenters. The number of rotatable bonds is 8. The van der Waals surface area contributed by atoms with Crippen molar-refractivity contribution in [2.24, 2.45) is 0 Å². The van der Waals surface area contributed by atoms with E-state index in [9.17, 15) is 17.6 Å². The number of hydrogen-bond acceptors (Lipinski definition) is 3. The predicted octanol–water partition coefficient (Wildman–Crippen LogP) is 1.55. The largest absolute Gasteiger partial charge is 0.324 e. The van der Waals surface area contributed by atoms with Crippen LogP contribution in [0.2, 0.25) is 0 Å². The van der Waals surface area contributed by atoms with Crippen LogP contribution in [0.1, 0.15) is 26.3 Å². The highest BCUT2D eigenvalue weighted by Crippen LogP contribution is 2.14. The van der Waals surface area contributed by atoms with E-state index < -0.39 is 10.0 Å². The lowest BCUT2D eigenvalue weighted by Gasteiger charge is -2.21. The second-order valence-corrected chi connectivity index (χ2v) is 8.87. The first-order valence-electron chi connectivity index (χ1n) is 9.08. The molecule has 2 aromatic carbocycles. The van der Waals surface area contributed by atoms with Gasteiger partial charge in [-0.1, -0.05) is 12.1 Å². The van der Waals surface area contributed by atoms with Crippen molar-refractivity contribution in [3.63, 3.8) is 0 Å². The molecule has 6 nitrogen and oxygen atoms in total. The van der Waals surface area contributed by atoms with Crippen LogP contribution in [0, 0.1) is 5.82 Å². The molecule has 28 heavy (non-hydrogen) atoms. The average molecular weight is 409 g/mol. The van der Waals surface area contributed by atoms with E-state index in [-0.39, 0.29) is 28.7 Å². The van der Waals surface area contributed by atoms with Gasteiger partial charge in [0.05, 0.1) is 11.9 Å². The maximum Gasteiger partial charge on any atom is 0.282 e. The molecular formula is C20H27FN3O3S+. The van der Waals surface area contributed by atoms with Gasteiger partial charge in [-0.05, 0) is 57.2 Å². The number of carbonyl (C=O) groups excluding carboxylic acids is 1. The lowest BCUT2D eigenvalue weighted by molar-refractivity contribution is -0.907. The molecule has 2 rings (SSSR count). The van der Waals surface area contributed by atoms with Gasteiger partial charge in [-0.15, -0.1) is 0 Å². The molecule has 3 N–H and O–H groups in total. The molecule has 0 aliphatic heterocycles. The number of nitrogens with one attached hydrogen (secondary N) is 3. The van der Waals surface area contributed by atoms with Crippen LogP contribution in [0.3, 0.4) is 0 Å². The van der Waals surface area contributed by atoms with Gasteiger partial charge in [0.1, 0.15) is 12.4 Å². The molecule has 0 aliphatic carbocycles. The van der Waals surface area contributed by atoms with Crippen molar-refractivity contribution in [1.82, 2.24) is 4.72 Å². The van der Waals surface area contributed by atoms with Crippen LogP contribution >= 0.6 is 0 Å². The van der Waals surface area contributed by atoms with Crippen LogP contribution in [0.5, 0.6) is 0 Å². The highest BCUT2D eigenvalue weighted by Gasteiger charge is 2.22. The van der Waals surface area contributed by atoms with E-state index in [0.717, 1.165) is 10.5 Å². The Balaban J connectivity index is 1.98. The minimum Gasteiger partial charge on any atom is -0.324 e. The third-order valence-corrected chi connectivity index (χ3v) is 6.03. The van der Waals surface area contributed by atoms with Gasteiger partial charge < -0.3 is 10.2 Å². The fourth-order valence-electron chi connectivity index (χ4n) is 2.65. The van der Waals surface area contributed by atoms with E-state index in [0.29, 0.717) is 12.2 Å². The third kappa shape index (κ3) is 6.12. The number of halogens is 1. The number of amides is 1. The van der Waals surface area contributed by atoms with Gasteiger partial charge >= 0.3 is 0 Å². The molecule has 0 spiro atoms. The third-order valence-electron chi connectivity index (χ3n) is 4.35. The van der Waals surface area contributed by atoms with Gasteiger partial charge in [-0.3, -0.25) is 4.79 Å². The van der Waals surface area contributed by atoms with Gasteiger partial charge in [-0.2, -0.15) is 0 Å². The van der Waals surface area contributed by atoms with E-state index in [1.807, 2.05) is 7.05 Å². The number of quaternary nitrogens is 1. The molecule has 1 amide bonds. The van der Waals surface area contributed by atoms with Gasteiger partial charge in [0.25, 0.3) is 5.91 Å². The van der Waals surface area contributed by atoms with E-state index in [1.165, 1.54) is 24.3 Å². The molecular weight excluding hydrogens is 381 g/mol. The molecule has 0 aliphatic rings. The first-order valence-corrected chi connectivity index (χ1v) is 10.6. The van der Waals surface area contributed by atoms with Gasteiger partial charge in [0.2, 0.25) is 10.0 Å². The fraction of sp³-hybridized carbons (Fsp3) is 0.350. The number of benzene rings is 2. The summed E-state index contributed by atoms with van der Waals surface area (Å²) < 4.78 is 39.8. The molecule has 0 saturated carbocycles. The van der Waals surface area contributed by atoms with E-state index in [2.05, 4.69) is 10.0 Å². The Morgan fingerprint density at radius 1 is 1.04 bits per heavy atom. The first-order chi connectivity index (χ1) is 13.1. The maximum absolute atomic E-state index is 13.0. The molecule has 1 unspecified atom stereocenters. The molecule has 0 heterocycles. The normalized spacial score (nSPS) is 13.9. The van der Waals surface area contributed by atoms with Crippen LogP contribution in [-0.4, -0.2) is 33.5 Å². The lowest BCUT2D eigenvalue weighted by Crippen LogP contribution is -3.12. The zero-order valence-electron chi connectivity index (χ0n) is 16.5. The first kappa shape index (κ1) is 22.0.